The topological polar surface area (TPSA) is 51.0 Å². The first-order valence-electron chi connectivity index (χ1n) is 7.38. The molecule has 2 rings (SSSR count). The van der Waals surface area contributed by atoms with Gasteiger partial charge in [0.15, 0.2) is 5.82 Å². The highest BCUT2D eigenvalue weighted by Gasteiger charge is 2.21. The molecule has 1 heterocycles. The molecule has 108 valence electrons. The van der Waals surface area contributed by atoms with Crippen LogP contribution < -0.4 is 5.32 Å². The number of aromatic nitrogens is 2. The molecule has 1 aromatic heterocycles. The van der Waals surface area contributed by atoms with E-state index < -0.39 is 0 Å². The monoisotopic (exact) mass is 283 g/mol. The quantitative estimate of drug-likeness (QED) is 0.831. The van der Waals surface area contributed by atoms with Crippen LogP contribution in [0.4, 0.5) is 0 Å². The summed E-state index contributed by atoms with van der Waals surface area (Å²) < 4.78 is 5.39. The second kappa shape index (κ2) is 7.29. The Hall–Kier alpha value is -0.550. The average Bonchev–Trinajstić information content (AvgIpc) is 3.07. The fourth-order valence-electron chi connectivity index (χ4n) is 2.47. The van der Waals surface area contributed by atoms with Gasteiger partial charge in [-0.05, 0) is 26.3 Å². The zero-order valence-corrected chi connectivity index (χ0v) is 13.0. The second-order valence-electron chi connectivity index (χ2n) is 5.40. The molecule has 0 saturated heterocycles. The van der Waals surface area contributed by atoms with Crippen molar-refractivity contribution in [2.24, 2.45) is 0 Å². The number of likely N-dealkylation sites (N-methyl/N-ethyl adjacent to an activating group) is 1. The van der Waals surface area contributed by atoms with E-state index in [1.54, 1.807) is 0 Å². The van der Waals surface area contributed by atoms with Gasteiger partial charge in [-0.25, -0.2) is 0 Å². The van der Waals surface area contributed by atoms with Gasteiger partial charge in [-0.15, -0.1) is 0 Å². The summed E-state index contributed by atoms with van der Waals surface area (Å²) in [6, 6.07) is 0.362. The van der Waals surface area contributed by atoms with Crippen LogP contribution in [-0.4, -0.2) is 28.0 Å². The fraction of sp³-hybridized carbons (Fsp3) is 0.857. The molecule has 1 N–H and O–H groups in total. The molecule has 2 atom stereocenters. The summed E-state index contributed by atoms with van der Waals surface area (Å²) in [5.74, 6) is 2.76. The van der Waals surface area contributed by atoms with Crippen LogP contribution in [0.5, 0.6) is 0 Å². The molecule has 0 amide bonds. The maximum absolute atomic E-state index is 5.39. The van der Waals surface area contributed by atoms with Crippen LogP contribution in [0.2, 0.25) is 0 Å². The first-order chi connectivity index (χ1) is 9.20. The van der Waals surface area contributed by atoms with Crippen molar-refractivity contribution < 1.29 is 4.52 Å². The van der Waals surface area contributed by atoms with Crippen molar-refractivity contribution in [2.75, 3.05) is 6.54 Å². The van der Waals surface area contributed by atoms with Gasteiger partial charge in [0, 0.05) is 11.3 Å². The largest absolute Gasteiger partial charge is 0.339 e. The minimum atomic E-state index is 0.262. The Labute approximate surface area is 120 Å². The molecule has 19 heavy (non-hydrogen) atoms. The molecule has 2 unspecified atom stereocenters. The van der Waals surface area contributed by atoms with Crippen LogP contribution in [0, 0.1) is 0 Å². The van der Waals surface area contributed by atoms with E-state index in [-0.39, 0.29) is 5.92 Å². The van der Waals surface area contributed by atoms with Gasteiger partial charge in [0.25, 0.3) is 0 Å². The normalized spacial score (nSPS) is 19.7. The highest BCUT2D eigenvalue weighted by atomic mass is 32.2. The lowest BCUT2D eigenvalue weighted by Gasteiger charge is -2.16. The van der Waals surface area contributed by atoms with Gasteiger partial charge in [0.1, 0.15) is 0 Å². The Kier molecular flexibility index (Phi) is 5.70. The minimum Gasteiger partial charge on any atom is -0.339 e. The Balaban J connectivity index is 1.83. The van der Waals surface area contributed by atoms with Crippen molar-refractivity contribution in [1.82, 2.24) is 15.5 Å². The van der Waals surface area contributed by atoms with Crippen molar-refractivity contribution in [3.63, 3.8) is 0 Å². The molecule has 1 aliphatic carbocycles. The molecule has 0 aliphatic heterocycles. The first kappa shape index (κ1) is 14.9. The zero-order chi connectivity index (χ0) is 13.7. The lowest BCUT2D eigenvalue weighted by atomic mass is 10.0. The van der Waals surface area contributed by atoms with E-state index in [0.717, 1.165) is 29.3 Å². The molecule has 0 aromatic carbocycles. The van der Waals surface area contributed by atoms with Crippen molar-refractivity contribution in [3.05, 3.63) is 11.7 Å². The van der Waals surface area contributed by atoms with E-state index in [2.05, 4.69) is 36.2 Å². The van der Waals surface area contributed by atoms with Crippen molar-refractivity contribution in [1.29, 1.82) is 0 Å². The summed E-state index contributed by atoms with van der Waals surface area (Å²) in [6.45, 7) is 7.37. The molecule has 5 heteroatoms. The maximum Gasteiger partial charge on any atom is 0.231 e. The van der Waals surface area contributed by atoms with Crippen LogP contribution in [0.25, 0.3) is 0 Å². The summed E-state index contributed by atoms with van der Waals surface area (Å²) in [5, 5.41) is 8.31. The van der Waals surface area contributed by atoms with E-state index >= 15 is 0 Å². The standard InChI is InChI=1S/C14H25N3OS/c1-4-15-11(3)10(2)14-16-13(17-18-14)9-19-12-7-5-6-8-12/h10-12,15H,4-9H2,1-3H3. The fourth-order valence-corrected chi connectivity index (χ4v) is 3.64. The van der Waals surface area contributed by atoms with Crippen LogP contribution in [0.15, 0.2) is 4.52 Å². The lowest BCUT2D eigenvalue weighted by molar-refractivity contribution is 0.330. The molecule has 1 aliphatic rings. The van der Waals surface area contributed by atoms with Gasteiger partial charge in [0.05, 0.1) is 11.7 Å². The summed E-state index contributed by atoms with van der Waals surface area (Å²) in [6.07, 6.45) is 5.46. The van der Waals surface area contributed by atoms with E-state index in [4.69, 9.17) is 4.52 Å². The van der Waals surface area contributed by atoms with Gasteiger partial charge in [-0.3, -0.25) is 0 Å². The summed E-state index contributed by atoms with van der Waals surface area (Å²) >= 11 is 1.98. The highest BCUT2D eigenvalue weighted by molar-refractivity contribution is 7.99. The molecule has 0 spiro atoms. The number of nitrogens with one attached hydrogen (secondary N) is 1. The minimum absolute atomic E-state index is 0.262. The number of thioether (sulfide) groups is 1. The Morgan fingerprint density at radius 1 is 1.37 bits per heavy atom. The number of nitrogens with zero attached hydrogens (tertiary/aromatic N) is 2. The van der Waals surface area contributed by atoms with E-state index in [1.165, 1.54) is 25.7 Å². The number of rotatable bonds is 7. The summed E-state index contributed by atoms with van der Waals surface area (Å²) in [4.78, 5) is 4.54. The smallest absolute Gasteiger partial charge is 0.231 e. The molecule has 1 aromatic rings. The van der Waals surface area contributed by atoms with E-state index in [0.29, 0.717) is 6.04 Å². The zero-order valence-electron chi connectivity index (χ0n) is 12.2. The molecular formula is C14H25N3OS. The predicted octanol–water partition coefficient (Wildman–Crippen LogP) is 3.35. The third-order valence-electron chi connectivity index (χ3n) is 3.90. The van der Waals surface area contributed by atoms with E-state index in [1.807, 2.05) is 11.8 Å². The summed E-state index contributed by atoms with van der Waals surface area (Å²) in [7, 11) is 0. The van der Waals surface area contributed by atoms with Crippen LogP contribution >= 0.6 is 11.8 Å². The van der Waals surface area contributed by atoms with Crippen LogP contribution in [0.1, 0.15) is 64.1 Å². The van der Waals surface area contributed by atoms with Gasteiger partial charge < -0.3 is 9.84 Å². The van der Waals surface area contributed by atoms with Crippen molar-refractivity contribution in [2.45, 2.75) is 69.4 Å². The lowest BCUT2D eigenvalue weighted by Crippen LogP contribution is -2.30. The predicted molar refractivity (Wildman–Crippen MR) is 79.4 cm³/mol. The molecule has 0 radical (unpaired) electrons. The van der Waals surface area contributed by atoms with E-state index in [9.17, 15) is 0 Å². The average molecular weight is 283 g/mol. The third-order valence-corrected chi connectivity index (χ3v) is 5.27. The van der Waals surface area contributed by atoms with Crippen molar-refractivity contribution >= 4 is 11.8 Å². The van der Waals surface area contributed by atoms with Crippen LogP contribution in [-0.2, 0) is 5.75 Å². The van der Waals surface area contributed by atoms with Crippen molar-refractivity contribution in [3.8, 4) is 0 Å². The highest BCUT2D eigenvalue weighted by Crippen LogP contribution is 2.31. The summed E-state index contributed by atoms with van der Waals surface area (Å²) in [5.41, 5.74) is 0. The third kappa shape index (κ3) is 4.21. The molecular weight excluding hydrogens is 258 g/mol. The van der Waals surface area contributed by atoms with Crippen LogP contribution in [0.3, 0.4) is 0 Å². The Bertz CT molecular complexity index is 377. The van der Waals surface area contributed by atoms with Gasteiger partial charge in [-0.2, -0.15) is 16.7 Å². The Morgan fingerprint density at radius 3 is 2.79 bits per heavy atom. The second-order valence-corrected chi connectivity index (χ2v) is 6.69. The van der Waals surface area contributed by atoms with Gasteiger partial charge in [0.2, 0.25) is 5.89 Å². The van der Waals surface area contributed by atoms with Gasteiger partial charge >= 0.3 is 0 Å². The molecule has 1 fully saturated rings. The van der Waals surface area contributed by atoms with Gasteiger partial charge in [-0.1, -0.05) is 31.8 Å². The molecule has 4 nitrogen and oxygen atoms in total. The molecule has 1 saturated carbocycles. The Morgan fingerprint density at radius 2 is 2.11 bits per heavy atom. The first-order valence-corrected chi connectivity index (χ1v) is 8.43. The number of hydrogen-bond donors (Lipinski definition) is 1. The SMILES string of the molecule is CCNC(C)C(C)c1nc(CSC2CCCC2)no1. The number of hydrogen-bond acceptors (Lipinski definition) is 5. The molecule has 0 bridgehead atoms. The maximum atomic E-state index is 5.39.